The Morgan fingerprint density at radius 2 is 1.80 bits per heavy atom. The molecule has 0 aliphatic rings. The zero-order valence-electron chi connectivity index (χ0n) is 21.8. The number of carbonyl (C=O) groups excluding carboxylic acids is 1. The standard InChI is InChI=1S/C27H23ClF4N4O4S/c1-15(16-7-18(27(30,31)32)10-20(29)8-16)40-24-5-4-6-33-25(24)23-9-17(14-36(23)2)26(37)34-21-11-19(28)12-22(13-21)35-41(3,38)39/h4-15,35H,1-3H3,(H,34,37). The van der Waals surface area contributed by atoms with Crippen LogP contribution in [-0.2, 0) is 23.2 Å². The van der Waals surface area contributed by atoms with Gasteiger partial charge in [0.25, 0.3) is 5.91 Å². The second-order valence-corrected chi connectivity index (χ2v) is 11.3. The first kappa shape index (κ1) is 29.9. The molecule has 0 aliphatic heterocycles. The minimum Gasteiger partial charge on any atom is -0.484 e. The van der Waals surface area contributed by atoms with Crippen molar-refractivity contribution < 1.29 is 35.5 Å². The molecule has 8 nitrogen and oxygen atoms in total. The van der Waals surface area contributed by atoms with Crippen molar-refractivity contribution in [2.24, 2.45) is 7.05 Å². The number of halogens is 5. The fraction of sp³-hybridized carbons (Fsp3) is 0.185. The van der Waals surface area contributed by atoms with E-state index in [-0.39, 0.29) is 39.0 Å². The zero-order chi connectivity index (χ0) is 30.1. The summed E-state index contributed by atoms with van der Waals surface area (Å²) in [5, 5.41) is 2.85. The number of hydrogen-bond acceptors (Lipinski definition) is 5. The van der Waals surface area contributed by atoms with Gasteiger partial charge < -0.3 is 14.6 Å². The monoisotopic (exact) mass is 610 g/mol. The molecule has 0 bridgehead atoms. The van der Waals surface area contributed by atoms with Gasteiger partial charge in [-0.25, -0.2) is 12.8 Å². The Kier molecular flexibility index (Phi) is 8.31. The van der Waals surface area contributed by atoms with E-state index >= 15 is 0 Å². The molecule has 1 unspecified atom stereocenters. The Hall–Kier alpha value is -4.10. The second-order valence-electron chi connectivity index (χ2n) is 9.16. The molecule has 14 heteroatoms. The molecule has 2 aromatic heterocycles. The molecule has 216 valence electrons. The van der Waals surface area contributed by atoms with E-state index in [9.17, 15) is 30.8 Å². The highest BCUT2D eigenvalue weighted by Gasteiger charge is 2.32. The molecule has 1 amide bonds. The van der Waals surface area contributed by atoms with Gasteiger partial charge in [0, 0.05) is 30.2 Å². The number of hydrogen-bond donors (Lipinski definition) is 2. The number of alkyl halides is 3. The number of benzene rings is 2. The molecule has 0 saturated carbocycles. The number of ether oxygens (including phenoxy) is 1. The number of anilines is 2. The minimum atomic E-state index is -4.73. The smallest absolute Gasteiger partial charge is 0.416 e. The lowest BCUT2D eigenvalue weighted by atomic mass is 10.1. The summed E-state index contributed by atoms with van der Waals surface area (Å²) in [4.78, 5) is 17.4. The van der Waals surface area contributed by atoms with Crippen LogP contribution in [-0.4, -0.2) is 30.1 Å². The molecule has 2 N–H and O–H groups in total. The molecule has 0 spiro atoms. The largest absolute Gasteiger partial charge is 0.484 e. The molecule has 2 aromatic carbocycles. The van der Waals surface area contributed by atoms with Gasteiger partial charge in [0.05, 0.1) is 28.8 Å². The molecule has 0 aliphatic carbocycles. The lowest BCUT2D eigenvalue weighted by Gasteiger charge is -2.19. The quantitative estimate of drug-likeness (QED) is 0.217. The van der Waals surface area contributed by atoms with E-state index in [1.807, 2.05) is 0 Å². The molecular formula is C27H23ClF4N4O4S. The number of rotatable bonds is 8. The summed E-state index contributed by atoms with van der Waals surface area (Å²) in [6.07, 6.45) is -1.73. The Morgan fingerprint density at radius 1 is 1.10 bits per heavy atom. The van der Waals surface area contributed by atoms with Gasteiger partial charge in [0.1, 0.15) is 23.4 Å². The van der Waals surface area contributed by atoms with Crippen LogP contribution in [0.15, 0.2) is 67.0 Å². The number of sulfonamides is 1. The summed E-state index contributed by atoms with van der Waals surface area (Å²) in [5.74, 6) is -1.39. The molecule has 4 aromatic rings. The van der Waals surface area contributed by atoms with Crippen LogP contribution in [0.3, 0.4) is 0 Å². The lowest BCUT2D eigenvalue weighted by Crippen LogP contribution is -2.13. The van der Waals surface area contributed by atoms with Gasteiger partial charge in [-0.1, -0.05) is 11.6 Å². The van der Waals surface area contributed by atoms with Crippen molar-refractivity contribution in [1.82, 2.24) is 9.55 Å². The fourth-order valence-corrected chi connectivity index (χ4v) is 4.79. The predicted molar refractivity (Wildman–Crippen MR) is 147 cm³/mol. The third kappa shape index (κ3) is 7.55. The SMILES string of the molecule is CC(Oc1cccnc1-c1cc(C(=O)Nc2cc(Cl)cc(NS(C)(=O)=O)c2)cn1C)c1cc(F)cc(C(F)(F)F)c1. The summed E-state index contributed by atoms with van der Waals surface area (Å²) in [7, 11) is -1.92. The van der Waals surface area contributed by atoms with Crippen molar-refractivity contribution in [2.45, 2.75) is 19.2 Å². The first-order valence-electron chi connectivity index (χ1n) is 11.8. The van der Waals surface area contributed by atoms with E-state index in [1.54, 1.807) is 23.7 Å². The molecule has 0 radical (unpaired) electrons. The third-order valence-electron chi connectivity index (χ3n) is 5.76. The van der Waals surface area contributed by atoms with Gasteiger partial charge in [-0.3, -0.25) is 14.5 Å². The normalized spacial score (nSPS) is 12.6. The molecule has 41 heavy (non-hydrogen) atoms. The van der Waals surface area contributed by atoms with Crippen molar-refractivity contribution in [3.05, 3.63) is 94.5 Å². The zero-order valence-corrected chi connectivity index (χ0v) is 23.3. The van der Waals surface area contributed by atoms with Crippen LogP contribution in [0.5, 0.6) is 5.75 Å². The van der Waals surface area contributed by atoms with Crippen LogP contribution in [0.2, 0.25) is 5.02 Å². The first-order valence-corrected chi connectivity index (χ1v) is 14.1. The summed E-state index contributed by atoms with van der Waals surface area (Å²) >= 11 is 6.07. The number of amides is 1. The van der Waals surface area contributed by atoms with Crippen molar-refractivity contribution >= 4 is 38.9 Å². The van der Waals surface area contributed by atoms with Crippen LogP contribution in [0.1, 0.15) is 34.5 Å². The van der Waals surface area contributed by atoms with Crippen LogP contribution >= 0.6 is 11.6 Å². The van der Waals surface area contributed by atoms with E-state index in [2.05, 4.69) is 15.0 Å². The highest BCUT2D eigenvalue weighted by molar-refractivity contribution is 7.92. The maximum Gasteiger partial charge on any atom is 0.416 e. The van der Waals surface area contributed by atoms with Gasteiger partial charge in [-0.05, 0) is 67.1 Å². The van der Waals surface area contributed by atoms with Gasteiger partial charge in [-0.15, -0.1) is 0 Å². The van der Waals surface area contributed by atoms with E-state index < -0.39 is 39.6 Å². The number of nitrogens with one attached hydrogen (secondary N) is 2. The Bertz CT molecular complexity index is 1720. The average molecular weight is 611 g/mol. The molecule has 0 saturated heterocycles. The van der Waals surface area contributed by atoms with E-state index in [0.717, 1.165) is 18.4 Å². The van der Waals surface area contributed by atoms with Crippen LogP contribution in [0.25, 0.3) is 11.4 Å². The summed E-state index contributed by atoms with van der Waals surface area (Å²) < 4.78 is 86.5. The van der Waals surface area contributed by atoms with Crippen molar-refractivity contribution in [3.8, 4) is 17.1 Å². The second kappa shape index (κ2) is 11.4. The average Bonchev–Trinajstić information content (AvgIpc) is 3.23. The molecule has 4 rings (SSSR count). The van der Waals surface area contributed by atoms with Crippen LogP contribution in [0, 0.1) is 5.82 Å². The summed E-state index contributed by atoms with van der Waals surface area (Å²) in [5.41, 5.74) is 0.188. The van der Waals surface area contributed by atoms with E-state index in [0.29, 0.717) is 11.8 Å². The van der Waals surface area contributed by atoms with Crippen molar-refractivity contribution in [2.75, 3.05) is 16.3 Å². The molecular weight excluding hydrogens is 588 g/mol. The van der Waals surface area contributed by atoms with E-state index in [4.69, 9.17) is 16.3 Å². The van der Waals surface area contributed by atoms with Gasteiger partial charge >= 0.3 is 6.18 Å². The number of carbonyl (C=O) groups is 1. The number of pyridine rings is 1. The van der Waals surface area contributed by atoms with Crippen LogP contribution in [0.4, 0.5) is 28.9 Å². The van der Waals surface area contributed by atoms with Crippen molar-refractivity contribution in [1.29, 1.82) is 0 Å². The Labute approximate surface area is 238 Å². The molecule has 2 heterocycles. The number of nitrogens with zero attached hydrogens (tertiary/aromatic N) is 2. The third-order valence-corrected chi connectivity index (χ3v) is 6.58. The van der Waals surface area contributed by atoms with Gasteiger partial charge in [0.2, 0.25) is 10.0 Å². The van der Waals surface area contributed by atoms with Crippen molar-refractivity contribution in [3.63, 3.8) is 0 Å². The highest BCUT2D eigenvalue weighted by Crippen LogP contribution is 2.35. The Morgan fingerprint density at radius 3 is 2.49 bits per heavy atom. The van der Waals surface area contributed by atoms with E-state index in [1.165, 1.54) is 43.6 Å². The fourth-order valence-electron chi connectivity index (χ4n) is 4.01. The number of aromatic nitrogens is 2. The van der Waals surface area contributed by atoms with Gasteiger partial charge in [-0.2, -0.15) is 13.2 Å². The maximum absolute atomic E-state index is 14.0. The predicted octanol–water partition coefficient (Wildman–Crippen LogP) is 6.66. The Balaban J connectivity index is 1.59. The van der Waals surface area contributed by atoms with Crippen LogP contribution < -0.4 is 14.8 Å². The van der Waals surface area contributed by atoms with Gasteiger partial charge in [0.15, 0.2) is 0 Å². The molecule has 0 fully saturated rings. The topological polar surface area (TPSA) is 102 Å². The number of aryl methyl sites for hydroxylation is 1. The maximum atomic E-state index is 14.0. The summed E-state index contributed by atoms with van der Waals surface area (Å²) in [6.45, 7) is 1.48. The first-order chi connectivity index (χ1) is 19.1. The summed E-state index contributed by atoms with van der Waals surface area (Å²) in [6, 6.07) is 11.1. The highest BCUT2D eigenvalue weighted by atomic mass is 35.5. The lowest BCUT2D eigenvalue weighted by molar-refractivity contribution is -0.137. The molecule has 1 atom stereocenters. The minimum absolute atomic E-state index is 0.0228.